The Morgan fingerprint density at radius 2 is 2.29 bits per heavy atom. The molecule has 1 aromatic carbocycles. The summed E-state index contributed by atoms with van der Waals surface area (Å²) in [5.41, 5.74) is 2.44. The zero-order valence-corrected chi connectivity index (χ0v) is 13.2. The van der Waals surface area contributed by atoms with Crippen LogP contribution in [0.3, 0.4) is 0 Å². The Bertz CT molecular complexity index is 709. The summed E-state index contributed by atoms with van der Waals surface area (Å²) in [6, 6.07) is 4.05. The van der Waals surface area contributed by atoms with E-state index in [9.17, 15) is 4.79 Å². The van der Waals surface area contributed by atoms with Gasteiger partial charge in [-0.05, 0) is 17.7 Å². The van der Waals surface area contributed by atoms with Crippen molar-refractivity contribution >= 4 is 39.6 Å². The highest BCUT2D eigenvalue weighted by molar-refractivity contribution is 9.10. The van der Waals surface area contributed by atoms with Crippen LogP contribution in [0, 0.1) is 0 Å². The fourth-order valence-electron chi connectivity index (χ4n) is 2.28. The number of anilines is 1. The number of halogens is 2. The number of fused-ring (bicyclic) bond motifs is 1. The van der Waals surface area contributed by atoms with Gasteiger partial charge in [-0.25, -0.2) is 9.97 Å². The van der Waals surface area contributed by atoms with Gasteiger partial charge in [0.25, 0.3) is 0 Å². The molecule has 0 bridgehead atoms. The molecule has 5 nitrogen and oxygen atoms in total. The van der Waals surface area contributed by atoms with Crippen molar-refractivity contribution in [1.29, 1.82) is 0 Å². The number of benzene rings is 1. The maximum absolute atomic E-state index is 11.1. The standard InChI is InChI=1S/C14H11BrClN3O2/c15-10-3-8-1-2-21-12(8)9(4-10)5-17-14-11(6-20)13(16)18-7-19-14/h3-4,6-7H,1-2,5H2,(H,17,18,19). The maximum Gasteiger partial charge on any atom is 0.156 e. The first-order valence-electron chi connectivity index (χ1n) is 6.32. The highest BCUT2D eigenvalue weighted by Gasteiger charge is 2.18. The molecule has 0 radical (unpaired) electrons. The van der Waals surface area contributed by atoms with Crippen molar-refractivity contribution in [2.45, 2.75) is 13.0 Å². The van der Waals surface area contributed by atoms with Gasteiger partial charge in [0.05, 0.1) is 12.2 Å². The van der Waals surface area contributed by atoms with E-state index in [-0.39, 0.29) is 10.7 Å². The number of carbonyl (C=O) groups excluding carboxylic acids is 1. The quantitative estimate of drug-likeness (QED) is 0.663. The number of hydrogen-bond acceptors (Lipinski definition) is 5. The second kappa shape index (κ2) is 5.99. The van der Waals surface area contributed by atoms with Gasteiger partial charge in [-0.1, -0.05) is 27.5 Å². The predicted octanol–water partition coefficient (Wildman–Crippen LogP) is 3.25. The molecule has 3 rings (SSSR count). The lowest BCUT2D eigenvalue weighted by molar-refractivity contribution is 0.112. The summed E-state index contributed by atoms with van der Waals surface area (Å²) in [4.78, 5) is 18.9. The normalized spacial score (nSPS) is 12.7. The van der Waals surface area contributed by atoms with E-state index in [0.717, 1.165) is 22.2 Å². The third-order valence-corrected chi connectivity index (χ3v) is 3.98. The Kier molecular flexibility index (Phi) is 4.07. The predicted molar refractivity (Wildman–Crippen MR) is 83.1 cm³/mol. The van der Waals surface area contributed by atoms with Crippen molar-refractivity contribution in [3.63, 3.8) is 0 Å². The largest absolute Gasteiger partial charge is 0.493 e. The molecule has 0 unspecified atom stereocenters. The molecule has 0 saturated carbocycles. The van der Waals surface area contributed by atoms with Crippen LogP contribution in [0.15, 0.2) is 22.9 Å². The number of carbonyl (C=O) groups is 1. The van der Waals surface area contributed by atoms with Crippen LogP contribution in [-0.2, 0) is 13.0 Å². The van der Waals surface area contributed by atoms with E-state index in [1.807, 2.05) is 6.07 Å². The van der Waals surface area contributed by atoms with Crippen molar-refractivity contribution in [3.8, 4) is 5.75 Å². The minimum Gasteiger partial charge on any atom is -0.493 e. The van der Waals surface area contributed by atoms with Gasteiger partial charge in [-0.2, -0.15) is 0 Å². The molecule has 0 fully saturated rings. The van der Waals surface area contributed by atoms with Crippen molar-refractivity contribution in [3.05, 3.63) is 44.8 Å². The molecule has 0 spiro atoms. The summed E-state index contributed by atoms with van der Waals surface area (Å²) >= 11 is 9.37. The SMILES string of the molecule is O=Cc1c(Cl)ncnc1NCc1cc(Br)cc2c1OCC2. The van der Waals surface area contributed by atoms with E-state index in [2.05, 4.69) is 37.3 Å². The number of nitrogens with zero attached hydrogens (tertiary/aromatic N) is 2. The van der Waals surface area contributed by atoms with Gasteiger partial charge in [-0.3, -0.25) is 4.79 Å². The molecule has 0 saturated heterocycles. The van der Waals surface area contributed by atoms with Gasteiger partial charge in [0.1, 0.15) is 23.0 Å². The molecule has 21 heavy (non-hydrogen) atoms. The number of rotatable bonds is 4. The topological polar surface area (TPSA) is 64.1 Å². The van der Waals surface area contributed by atoms with E-state index >= 15 is 0 Å². The van der Waals surface area contributed by atoms with E-state index < -0.39 is 0 Å². The molecule has 1 aromatic heterocycles. The zero-order valence-electron chi connectivity index (χ0n) is 10.9. The molecule has 0 aliphatic carbocycles. The molecule has 1 aliphatic rings. The number of nitrogens with one attached hydrogen (secondary N) is 1. The van der Waals surface area contributed by atoms with Crippen molar-refractivity contribution in [2.24, 2.45) is 0 Å². The Labute approximate surface area is 134 Å². The minimum absolute atomic E-state index is 0.137. The first kappa shape index (κ1) is 14.3. The Hall–Kier alpha value is -1.66. The molecule has 1 N–H and O–H groups in total. The fraction of sp³-hybridized carbons (Fsp3) is 0.214. The maximum atomic E-state index is 11.1. The molecule has 108 valence electrons. The molecule has 7 heteroatoms. The van der Waals surface area contributed by atoms with Gasteiger partial charge >= 0.3 is 0 Å². The van der Waals surface area contributed by atoms with Crippen LogP contribution >= 0.6 is 27.5 Å². The van der Waals surface area contributed by atoms with Crippen LogP contribution in [0.1, 0.15) is 21.5 Å². The zero-order chi connectivity index (χ0) is 14.8. The number of aldehydes is 1. The lowest BCUT2D eigenvalue weighted by Gasteiger charge is -2.12. The van der Waals surface area contributed by atoms with Gasteiger partial charge in [0, 0.05) is 23.0 Å². The van der Waals surface area contributed by atoms with E-state index in [1.165, 1.54) is 11.9 Å². The summed E-state index contributed by atoms with van der Waals surface area (Å²) in [5.74, 6) is 1.32. The molecular formula is C14H11BrClN3O2. The average molecular weight is 369 g/mol. The Morgan fingerprint density at radius 1 is 1.43 bits per heavy atom. The average Bonchev–Trinajstić information content (AvgIpc) is 2.93. The van der Waals surface area contributed by atoms with Crippen LogP contribution in [0.25, 0.3) is 0 Å². The summed E-state index contributed by atoms with van der Waals surface area (Å²) in [6.07, 6.45) is 2.87. The van der Waals surface area contributed by atoms with E-state index in [1.54, 1.807) is 0 Å². The second-order valence-electron chi connectivity index (χ2n) is 4.55. The molecule has 2 aromatic rings. The number of hydrogen-bond donors (Lipinski definition) is 1. The minimum atomic E-state index is 0.137. The lowest BCUT2D eigenvalue weighted by atomic mass is 10.1. The van der Waals surface area contributed by atoms with E-state index in [0.29, 0.717) is 25.3 Å². The molecule has 2 heterocycles. The summed E-state index contributed by atoms with van der Waals surface area (Å²) in [7, 11) is 0. The van der Waals surface area contributed by atoms with E-state index in [4.69, 9.17) is 16.3 Å². The van der Waals surface area contributed by atoms with Crippen LogP contribution in [0.5, 0.6) is 5.75 Å². The Morgan fingerprint density at radius 3 is 3.10 bits per heavy atom. The third-order valence-electron chi connectivity index (χ3n) is 3.22. The first-order chi connectivity index (χ1) is 10.2. The molecule has 0 amide bonds. The van der Waals surface area contributed by atoms with Crippen molar-refractivity contribution in [1.82, 2.24) is 9.97 Å². The Balaban J connectivity index is 1.86. The fourth-order valence-corrected chi connectivity index (χ4v) is 3.01. The summed E-state index contributed by atoms with van der Waals surface area (Å²) in [6.45, 7) is 1.17. The van der Waals surface area contributed by atoms with Crippen molar-refractivity contribution < 1.29 is 9.53 Å². The smallest absolute Gasteiger partial charge is 0.156 e. The van der Waals surface area contributed by atoms with Crippen LogP contribution < -0.4 is 10.1 Å². The summed E-state index contributed by atoms with van der Waals surface area (Å²) in [5, 5.41) is 3.25. The number of ether oxygens (including phenoxy) is 1. The third kappa shape index (κ3) is 2.87. The monoisotopic (exact) mass is 367 g/mol. The van der Waals surface area contributed by atoms with Gasteiger partial charge in [-0.15, -0.1) is 0 Å². The van der Waals surface area contributed by atoms with Crippen molar-refractivity contribution in [2.75, 3.05) is 11.9 Å². The molecule has 0 atom stereocenters. The van der Waals surface area contributed by atoms with Gasteiger partial charge in [0.2, 0.25) is 0 Å². The van der Waals surface area contributed by atoms with Gasteiger partial charge in [0.15, 0.2) is 6.29 Å². The van der Waals surface area contributed by atoms with Crippen LogP contribution in [0.2, 0.25) is 5.15 Å². The first-order valence-corrected chi connectivity index (χ1v) is 7.50. The van der Waals surface area contributed by atoms with Gasteiger partial charge < -0.3 is 10.1 Å². The highest BCUT2D eigenvalue weighted by Crippen LogP contribution is 2.33. The molecule has 1 aliphatic heterocycles. The highest BCUT2D eigenvalue weighted by atomic mass is 79.9. The lowest BCUT2D eigenvalue weighted by Crippen LogP contribution is -2.06. The summed E-state index contributed by atoms with van der Waals surface area (Å²) < 4.78 is 6.66. The number of aromatic nitrogens is 2. The van der Waals surface area contributed by atoms with Crippen LogP contribution in [-0.4, -0.2) is 22.9 Å². The second-order valence-corrected chi connectivity index (χ2v) is 5.82. The van der Waals surface area contributed by atoms with Crippen LogP contribution in [0.4, 0.5) is 5.82 Å². The molecular weight excluding hydrogens is 358 g/mol.